The maximum Gasteiger partial charge on any atom is 0.185 e. The van der Waals surface area contributed by atoms with E-state index in [2.05, 4.69) is 48.5 Å². The fraction of sp³-hybridized carbons (Fsp3) is 0.821. The van der Waals surface area contributed by atoms with E-state index >= 15 is 0 Å². The molecule has 1 aromatic rings. The van der Waals surface area contributed by atoms with E-state index in [0.717, 1.165) is 50.5 Å². The summed E-state index contributed by atoms with van der Waals surface area (Å²) in [6, 6.07) is 6.95. The lowest BCUT2D eigenvalue weighted by atomic mass is 9.41. The molecule has 0 heterocycles. The molecule has 4 aliphatic carbocycles. The van der Waals surface area contributed by atoms with Crippen LogP contribution < -0.4 is 0 Å². The van der Waals surface area contributed by atoms with Gasteiger partial charge in [0.2, 0.25) is 0 Å². The number of benzene rings is 1. The number of hydrogen-bond donors (Lipinski definition) is 1. The third kappa shape index (κ3) is 6.12. The van der Waals surface area contributed by atoms with Crippen molar-refractivity contribution in [2.75, 3.05) is 5.75 Å². The van der Waals surface area contributed by atoms with Crippen molar-refractivity contribution in [3.8, 4) is 0 Å². The molecule has 4 aliphatic rings. The maximum absolute atomic E-state index is 13.0. The number of rotatable bonds is 9. The molecule has 0 radical (unpaired) electrons. The Morgan fingerprint density at radius 1 is 1.05 bits per heavy atom. The first-order valence-electron chi connectivity index (χ1n) is 18.8. The number of aliphatic hydroxyl groups is 1. The predicted molar refractivity (Wildman–Crippen MR) is 180 cm³/mol. The summed E-state index contributed by atoms with van der Waals surface area (Å²) in [4.78, 5) is 13.1. The van der Waals surface area contributed by atoms with Gasteiger partial charge in [-0.05, 0) is 126 Å². The Kier molecular flexibility index (Phi) is 8.88. The SMILES string of the molecule is [2H]C(C)[C@@H]1[C@@H]2C[C@H](C)CC[C@]2(C)C2CC[C@@]3(C)C(CC[C@@H]3[C@H](C)CCCC(=O)CS(=O)(=O)c3ccc(C(C)(C)C)cc3)C2C1([2H])O. The molecule has 4 nitrogen and oxygen atoms in total. The zero-order valence-corrected chi connectivity index (χ0v) is 29.7. The number of hydrogen-bond acceptors (Lipinski definition) is 4. The summed E-state index contributed by atoms with van der Waals surface area (Å²) in [7, 11) is -3.67. The smallest absolute Gasteiger partial charge is 0.185 e. The first-order chi connectivity index (χ1) is 21.2. The molecule has 4 saturated carbocycles. The summed E-state index contributed by atoms with van der Waals surface area (Å²) in [6.07, 6.45) is 7.43. The van der Waals surface area contributed by atoms with Gasteiger partial charge < -0.3 is 5.11 Å². The summed E-state index contributed by atoms with van der Waals surface area (Å²) in [5.74, 6) is 1.19. The average molecular weight is 629 g/mol. The number of fused-ring (bicyclic) bond motifs is 5. The zero-order valence-electron chi connectivity index (χ0n) is 30.9. The van der Waals surface area contributed by atoms with Crippen LogP contribution in [0.5, 0.6) is 0 Å². The van der Waals surface area contributed by atoms with Crippen LogP contribution in [0, 0.1) is 58.2 Å². The minimum absolute atomic E-state index is 0.0309. The molecule has 248 valence electrons. The van der Waals surface area contributed by atoms with Crippen molar-refractivity contribution in [3.05, 3.63) is 29.8 Å². The minimum atomic E-state index is -3.67. The van der Waals surface area contributed by atoms with Crippen LogP contribution in [0.4, 0.5) is 0 Å². The van der Waals surface area contributed by atoms with E-state index < -0.39 is 28.1 Å². The Morgan fingerprint density at radius 2 is 1.68 bits per heavy atom. The molecule has 0 saturated heterocycles. The van der Waals surface area contributed by atoms with Crippen LogP contribution in [-0.4, -0.2) is 31.1 Å². The van der Waals surface area contributed by atoms with Gasteiger partial charge in [-0.15, -0.1) is 0 Å². The Labute approximate surface area is 272 Å². The van der Waals surface area contributed by atoms with Gasteiger partial charge in [-0.2, -0.15) is 0 Å². The van der Waals surface area contributed by atoms with Crippen molar-refractivity contribution in [1.29, 1.82) is 0 Å². The predicted octanol–water partition coefficient (Wildman–Crippen LogP) is 9.04. The van der Waals surface area contributed by atoms with Crippen molar-refractivity contribution in [2.24, 2.45) is 58.2 Å². The van der Waals surface area contributed by atoms with Crippen LogP contribution in [0.15, 0.2) is 29.2 Å². The van der Waals surface area contributed by atoms with Gasteiger partial charge in [-0.3, -0.25) is 4.79 Å². The second-order valence-electron chi connectivity index (χ2n) is 17.2. The monoisotopic (exact) mass is 628 g/mol. The fourth-order valence-electron chi connectivity index (χ4n) is 11.0. The highest BCUT2D eigenvalue weighted by Gasteiger charge is 2.64. The van der Waals surface area contributed by atoms with Crippen molar-refractivity contribution in [3.63, 3.8) is 0 Å². The van der Waals surface area contributed by atoms with Gasteiger partial charge in [0.25, 0.3) is 0 Å². The quantitative estimate of drug-likeness (QED) is 0.296. The molecule has 1 aromatic carbocycles. The van der Waals surface area contributed by atoms with Gasteiger partial charge in [-0.25, -0.2) is 8.42 Å². The molecule has 12 atom stereocenters. The first kappa shape index (κ1) is 31.4. The van der Waals surface area contributed by atoms with Crippen LogP contribution in [0.1, 0.15) is 134 Å². The van der Waals surface area contributed by atoms with Gasteiger partial charge in [-0.1, -0.05) is 86.8 Å². The van der Waals surface area contributed by atoms with E-state index in [0.29, 0.717) is 30.1 Å². The maximum atomic E-state index is 13.0. The Hall–Kier alpha value is -1.20. The van der Waals surface area contributed by atoms with Crippen LogP contribution in [-0.2, 0) is 20.0 Å². The topological polar surface area (TPSA) is 71.4 Å². The van der Waals surface area contributed by atoms with E-state index in [4.69, 9.17) is 1.37 Å². The van der Waals surface area contributed by atoms with Crippen LogP contribution >= 0.6 is 0 Å². The highest BCUT2D eigenvalue weighted by atomic mass is 32.2. The van der Waals surface area contributed by atoms with E-state index in [9.17, 15) is 19.7 Å². The lowest BCUT2D eigenvalue weighted by Crippen LogP contribution is -2.61. The fourth-order valence-corrected chi connectivity index (χ4v) is 12.3. The molecule has 0 amide bonds. The van der Waals surface area contributed by atoms with Crippen LogP contribution in [0.25, 0.3) is 0 Å². The second kappa shape index (κ2) is 12.4. The normalized spacial score (nSPS) is 42.7. The molecule has 0 bridgehead atoms. The third-order valence-electron chi connectivity index (χ3n) is 13.6. The number of carbonyl (C=O) groups excluding carboxylic acids is 1. The number of ketones is 1. The highest BCUT2D eigenvalue weighted by Crippen LogP contribution is 2.69. The second-order valence-corrected chi connectivity index (χ2v) is 19.2. The van der Waals surface area contributed by atoms with Gasteiger partial charge >= 0.3 is 0 Å². The lowest BCUT2D eigenvalue weighted by molar-refractivity contribution is -0.198. The van der Waals surface area contributed by atoms with Crippen molar-refractivity contribution in [1.82, 2.24) is 0 Å². The number of Topliss-reactive ketones (excluding diaryl/α,β-unsaturated/α-hetero) is 1. The minimum Gasteiger partial charge on any atom is -0.393 e. The Bertz CT molecular complexity index is 1360. The van der Waals surface area contributed by atoms with Crippen LogP contribution in [0.2, 0.25) is 0 Å². The molecular weight excluding hydrogens is 564 g/mol. The zero-order chi connectivity index (χ0) is 34.0. The molecule has 5 heteroatoms. The average Bonchev–Trinajstić information content (AvgIpc) is 3.30. The largest absolute Gasteiger partial charge is 0.393 e. The lowest BCUT2D eigenvalue weighted by Gasteiger charge is -2.65. The summed E-state index contributed by atoms with van der Waals surface area (Å²) in [6.45, 7) is 17.6. The molecule has 0 spiro atoms. The summed E-state index contributed by atoms with van der Waals surface area (Å²) < 4.78 is 44.5. The van der Waals surface area contributed by atoms with Crippen molar-refractivity contribution >= 4 is 15.6 Å². The van der Waals surface area contributed by atoms with E-state index in [-0.39, 0.29) is 57.0 Å². The Morgan fingerprint density at radius 3 is 2.32 bits per heavy atom. The molecule has 5 unspecified atom stereocenters. The molecule has 4 fully saturated rings. The number of carbonyl (C=O) groups is 1. The third-order valence-corrected chi connectivity index (χ3v) is 15.3. The number of sulfone groups is 1. The molecule has 44 heavy (non-hydrogen) atoms. The van der Waals surface area contributed by atoms with Crippen molar-refractivity contribution in [2.45, 2.75) is 142 Å². The molecule has 0 aliphatic heterocycles. The van der Waals surface area contributed by atoms with E-state index in [1.807, 2.05) is 19.1 Å². The van der Waals surface area contributed by atoms with Gasteiger partial charge in [0.15, 0.2) is 9.84 Å². The molecule has 5 rings (SSSR count). The molecular formula is C39H62O4S. The summed E-state index contributed by atoms with van der Waals surface area (Å²) in [5.41, 5.74) is 1.11. The van der Waals surface area contributed by atoms with E-state index in [1.54, 1.807) is 12.1 Å². The summed E-state index contributed by atoms with van der Waals surface area (Å²) in [5, 5.41) is 12.2. The molecule has 0 aromatic heterocycles. The van der Waals surface area contributed by atoms with Crippen molar-refractivity contribution < 1.29 is 21.1 Å². The van der Waals surface area contributed by atoms with Crippen LogP contribution in [0.3, 0.4) is 0 Å². The summed E-state index contributed by atoms with van der Waals surface area (Å²) >= 11 is 0. The van der Waals surface area contributed by atoms with Gasteiger partial charge in [0.05, 0.1) is 12.3 Å². The first-order valence-corrected chi connectivity index (χ1v) is 19.4. The van der Waals surface area contributed by atoms with Gasteiger partial charge in [0.1, 0.15) is 11.5 Å². The Balaban J connectivity index is 1.23. The standard InChI is InChI=1S/C39H62O4S/c1-9-30-34-23-25(2)19-21-39(34,8)33-20-22-38(7)31(17-18-32(38)35(33)36(30)41)26(3)11-10-12-28(40)24-44(42,43)29-15-13-27(14-16-29)37(4,5)6/h13-16,25-26,30-36,41H,9-12,17-24H2,1-8H3/t25-,26-,30-,31-,32?,33?,34+,35?,36?,38-,39-/m1/s1/i9D,36D/t9?,25-,26-,30-,31-,32?,33?,34+,35?,36?,38-,39-. The highest BCUT2D eigenvalue weighted by molar-refractivity contribution is 7.92. The van der Waals surface area contributed by atoms with Gasteiger partial charge in [0, 0.05) is 7.79 Å². The molecule has 1 N–H and O–H groups in total. The van der Waals surface area contributed by atoms with E-state index in [1.165, 1.54) is 6.42 Å².